The molecule has 2 nitrogen and oxygen atoms in total. The predicted molar refractivity (Wildman–Crippen MR) is 221 cm³/mol. The Bertz CT molecular complexity index is 3560. The minimum atomic E-state index is -0.421. The van der Waals surface area contributed by atoms with Crippen LogP contribution in [0.5, 0.6) is 0 Å². The summed E-state index contributed by atoms with van der Waals surface area (Å²) in [7, 11) is 0. The third-order valence-electron chi connectivity index (χ3n) is 10.5. The summed E-state index contributed by atoms with van der Waals surface area (Å²) in [5.74, 6) is -0.312. The molecule has 0 aliphatic carbocycles. The molecule has 0 amide bonds. The van der Waals surface area contributed by atoms with Crippen molar-refractivity contribution in [1.29, 1.82) is 0 Å². The normalized spacial score (nSPS) is 14.3. The minimum Gasteiger partial charge on any atom is -0.456 e. The Morgan fingerprint density at radius 3 is 1.98 bits per heavy atom. The Balaban J connectivity index is 1.13. The second-order valence-corrected chi connectivity index (χ2v) is 13.4. The fraction of sp³-hybridized carbons (Fsp3) is 0.0196. The first-order valence-corrected chi connectivity index (χ1v) is 17.6. The van der Waals surface area contributed by atoms with Crippen molar-refractivity contribution in [2.24, 2.45) is 0 Å². The van der Waals surface area contributed by atoms with Crippen LogP contribution in [0.15, 0.2) is 197 Å². The van der Waals surface area contributed by atoms with Crippen LogP contribution in [0.4, 0.5) is 0 Å². The van der Waals surface area contributed by atoms with Crippen molar-refractivity contribution in [2.75, 3.05) is 0 Å². The first-order valence-electron chi connectivity index (χ1n) is 21.1. The van der Waals surface area contributed by atoms with Gasteiger partial charge in [-0.05, 0) is 90.8 Å². The molecule has 0 bridgehead atoms. The number of benzene rings is 9. The van der Waals surface area contributed by atoms with Crippen molar-refractivity contribution in [1.82, 2.24) is 0 Å². The van der Waals surface area contributed by atoms with Crippen molar-refractivity contribution in [3.05, 3.63) is 205 Å². The Labute approximate surface area is 316 Å². The maximum atomic E-state index is 9.37. The van der Waals surface area contributed by atoms with Gasteiger partial charge in [0.25, 0.3) is 0 Å². The lowest BCUT2D eigenvalue weighted by Crippen LogP contribution is -2.05. The first kappa shape index (κ1) is 23.6. The summed E-state index contributed by atoms with van der Waals surface area (Å²) in [6.45, 7) is 0. The highest BCUT2D eigenvalue weighted by Crippen LogP contribution is 2.44. The van der Waals surface area contributed by atoms with Crippen LogP contribution < -0.4 is 0 Å². The van der Waals surface area contributed by atoms with E-state index in [9.17, 15) is 1.37 Å². The van der Waals surface area contributed by atoms with Crippen LogP contribution in [0.1, 0.15) is 32.2 Å². The SMILES string of the molecule is [2H]c1c([2H])c([2H])c(-c2ccc(C(c3cccc4c(-c5cc([2H])c6c(ccc7oc8cccc([2H])c8c76)c5)cccc34)c3cccc4oc5ccccc5c34)cc2)c([2H])c1[2H]. The maximum absolute atomic E-state index is 9.37. The van der Waals surface area contributed by atoms with E-state index in [1.807, 2.05) is 84.9 Å². The first-order chi connectivity index (χ1) is 29.2. The molecule has 248 valence electrons. The Morgan fingerprint density at radius 2 is 1.09 bits per heavy atom. The summed E-state index contributed by atoms with van der Waals surface area (Å²) in [6, 6.07) is 46.9. The van der Waals surface area contributed by atoms with E-state index in [1.54, 1.807) is 6.07 Å². The molecule has 2 aromatic heterocycles. The number of rotatable bonds is 5. The van der Waals surface area contributed by atoms with E-state index in [0.29, 0.717) is 34.2 Å². The quantitative estimate of drug-likeness (QED) is 0.169. The minimum absolute atomic E-state index is 0.160. The Kier molecular flexibility index (Phi) is 5.26. The van der Waals surface area contributed by atoms with Gasteiger partial charge in [-0.25, -0.2) is 0 Å². The van der Waals surface area contributed by atoms with Crippen LogP contribution in [-0.2, 0) is 0 Å². The summed E-state index contributed by atoms with van der Waals surface area (Å²) in [6.07, 6.45) is 0. The summed E-state index contributed by atoms with van der Waals surface area (Å²) >= 11 is 0. The van der Waals surface area contributed by atoms with Gasteiger partial charge in [0.15, 0.2) is 0 Å². The lowest BCUT2D eigenvalue weighted by Gasteiger charge is -2.23. The topological polar surface area (TPSA) is 26.3 Å². The molecule has 0 radical (unpaired) electrons. The van der Waals surface area contributed by atoms with Gasteiger partial charge in [-0.2, -0.15) is 0 Å². The van der Waals surface area contributed by atoms with Gasteiger partial charge in [-0.1, -0.05) is 158 Å². The van der Waals surface area contributed by atoms with Gasteiger partial charge < -0.3 is 8.83 Å². The molecule has 0 fully saturated rings. The van der Waals surface area contributed by atoms with Crippen LogP contribution in [0.2, 0.25) is 0 Å². The Morgan fingerprint density at radius 1 is 0.396 bits per heavy atom. The van der Waals surface area contributed by atoms with Crippen LogP contribution in [0.3, 0.4) is 0 Å². The molecule has 1 unspecified atom stereocenters. The number of para-hydroxylation sites is 2. The molecular formula is C51H32O2. The molecular weight excluding hydrogens is 645 g/mol. The van der Waals surface area contributed by atoms with Crippen molar-refractivity contribution < 1.29 is 18.4 Å². The zero-order chi connectivity index (χ0) is 41.0. The molecule has 0 saturated heterocycles. The third-order valence-corrected chi connectivity index (χ3v) is 10.5. The highest BCUT2D eigenvalue weighted by Gasteiger charge is 2.24. The van der Waals surface area contributed by atoms with Gasteiger partial charge in [-0.3, -0.25) is 0 Å². The summed E-state index contributed by atoms with van der Waals surface area (Å²) < 4.78 is 72.5. The van der Waals surface area contributed by atoms with Gasteiger partial charge in [0.05, 0.1) is 9.60 Å². The molecule has 53 heavy (non-hydrogen) atoms. The van der Waals surface area contributed by atoms with Gasteiger partial charge >= 0.3 is 0 Å². The lowest BCUT2D eigenvalue weighted by atomic mass is 9.80. The monoisotopic (exact) mass is 683 g/mol. The number of fused-ring (bicyclic) bond motifs is 9. The molecule has 2 heterocycles. The standard InChI is InChI=1S/C51H32O2/c1-2-11-32(12-3-1)33-23-25-34(26-24-33)49(44-19-10-22-47-51(44)43-14-5-7-21-46(43)52-47)41-18-9-16-39-37(15-8-17-40(39)41)35-27-29-38-36(31-35)28-30-48-50(38)42-13-4-6-20-45(42)53-48/h1-31,49H/i1D,2D,3D,11D,12D,13D,29D. The number of hydrogen-bond donors (Lipinski definition) is 0. The molecule has 11 aromatic rings. The van der Waals surface area contributed by atoms with Crippen LogP contribution >= 0.6 is 0 Å². The fourth-order valence-corrected chi connectivity index (χ4v) is 8.19. The highest BCUT2D eigenvalue weighted by atomic mass is 16.3. The smallest absolute Gasteiger partial charge is 0.136 e. The zero-order valence-electron chi connectivity index (χ0n) is 35.3. The molecule has 11 rings (SSSR count). The molecule has 0 aliphatic rings. The van der Waals surface area contributed by atoms with E-state index >= 15 is 0 Å². The fourth-order valence-electron chi connectivity index (χ4n) is 8.19. The molecule has 0 aliphatic heterocycles. The molecule has 9 aromatic carbocycles. The third kappa shape index (κ3) is 4.73. The van der Waals surface area contributed by atoms with E-state index in [-0.39, 0.29) is 35.7 Å². The second kappa shape index (κ2) is 11.8. The van der Waals surface area contributed by atoms with Crippen LogP contribution in [-0.4, -0.2) is 0 Å². The number of hydrogen-bond acceptors (Lipinski definition) is 2. The van der Waals surface area contributed by atoms with E-state index in [4.69, 9.17) is 17.1 Å². The Hall–Kier alpha value is -6.90. The lowest BCUT2D eigenvalue weighted by molar-refractivity contribution is 0.668. The summed E-state index contributed by atoms with van der Waals surface area (Å²) in [5, 5.41) is 7.18. The second-order valence-electron chi connectivity index (χ2n) is 13.4. The van der Waals surface area contributed by atoms with E-state index < -0.39 is 6.04 Å². The van der Waals surface area contributed by atoms with E-state index in [1.165, 1.54) is 0 Å². The molecule has 1 atom stereocenters. The number of furan rings is 2. The molecule has 2 heteroatoms. The molecule has 0 saturated carbocycles. The average molecular weight is 684 g/mol. The van der Waals surface area contributed by atoms with Gasteiger partial charge in [0.1, 0.15) is 22.3 Å². The predicted octanol–water partition coefficient (Wildman–Crippen LogP) is 14.3. The van der Waals surface area contributed by atoms with Gasteiger partial charge in [0.2, 0.25) is 0 Å². The van der Waals surface area contributed by atoms with Crippen molar-refractivity contribution in [2.45, 2.75) is 5.92 Å². The average Bonchev–Trinajstić information content (AvgIpc) is 3.85. The highest BCUT2D eigenvalue weighted by molar-refractivity contribution is 6.19. The van der Waals surface area contributed by atoms with Gasteiger partial charge in [-0.15, -0.1) is 0 Å². The molecule has 0 N–H and O–H groups in total. The molecule has 0 spiro atoms. The largest absolute Gasteiger partial charge is 0.456 e. The van der Waals surface area contributed by atoms with E-state index in [2.05, 4.69) is 54.6 Å². The van der Waals surface area contributed by atoms with Crippen molar-refractivity contribution in [3.63, 3.8) is 0 Å². The van der Waals surface area contributed by atoms with Crippen molar-refractivity contribution in [3.8, 4) is 22.3 Å². The van der Waals surface area contributed by atoms with Crippen LogP contribution in [0, 0.1) is 0 Å². The van der Waals surface area contributed by atoms with E-state index in [0.717, 1.165) is 76.7 Å². The maximum Gasteiger partial charge on any atom is 0.136 e. The van der Waals surface area contributed by atoms with Crippen molar-refractivity contribution >= 4 is 65.4 Å². The summed E-state index contributed by atoms with van der Waals surface area (Å²) in [5.41, 5.74) is 8.45. The zero-order valence-corrected chi connectivity index (χ0v) is 28.3. The van der Waals surface area contributed by atoms with Gasteiger partial charge in [0, 0.05) is 27.5 Å². The summed E-state index contributed by atoms with van der Waals surface area (Å²) in [4.78, 5) is 0. The van der Waals surface area contributed by atoms with Crippen LogP contribution in [0.25, 0.3) is 87.7 Å².